The molecule has 4 amide bonds. The molecule has 3 rings (SSSR count). The van der Waals surface area contributed by atoms with E-state index in [1.807, 2.05) is 6.92 Å². The van der Waals surface area contributed by atoms with Crippen LogP contribution in [0.15, 0.2) is 41.3 Å². The van der Waals surface area contributed by atoms with Crippen LogP contribution in [0.5, 0.6) is 5.75 Å². The van der Waals surface area contributed by atoms with Crippen LogP contribution in [0.4, 0.5) is 4.79 Å². The number of carboxylic acid groups (broad SMARTS) is 1. The SMILES string of the molecule is CC[C@@H](NC(=O)N1CC(=O)NC[C@@H](Cc2cc(Cl)ccc2OC)C1=O)c1ccc(S)c(C(=O)O)c1. The molecule has 1 saturated heterocycles. The molecule has 1 fully saturated rings. The molecule has 2 atom stereocenters. The molecular formula is C24H26ClN3O6S. The second kappa shape index (κ2) is 11.5. The summed E-state index contributed by atoms with van der Waals surface area (Å²) in [5.41, 5.74) is 1.22. The highest BCUT2D eigenvalue weighted by atomic mass is 35.5. The van der Waals surface area contributed by atoms with Crippen molar-refractivity contribution in [2.24, 2.45) is 5.92 Å². The molecule has 1 aliphatic rings. The minimum Gasteiger partial charge on any atom is -0.496 e. The van der Waals surface area contributed by atoms with E-state index in [1.54, 1.807) is 24.3 Å². The normalized spacial score (nSPS) is 16.8. The number of halogens is 1. The highest BCUT2D eigenvalue weighted by Gasteiger charge is 2.35. The fraction of sp³-hybridized carbons (Fsp3) is 0.333. The Morgan fingerprint density at radius 3 is 2.69 bits per heavy atom. The second-order valence-electron chi connectivity index (χ2n) is 8.08. The van der Waals surface area contributed by atoms with Crippen LogP contribution in [-0.2, 0) is 16.0 Å². The van der Waals surface area contributed by atoms with Gasteiger partial charge >= 0.3 is 12.0 Å². The predicted molar refractivity (Wildman–Crippen MR) is 132 cm³/mol. The number of nitrogens with zero attached hydrogens (tertiary/aromatic N) is 1. The summed E-state index contributed by atoms with van der Waals surface area (Å²) in [6.07, 6.45) is 0.628. The van der Waals surface area contributed by atoms with Gasteiger partial charge in [-0.05, 0) is 54.3 Å². The van der Waals surface area contributed by atoms with Crippen molar-refractivity contribution in [2.45, 2.75) is 30.7 Å². The average molecular weight is 520 g/mol. The highest BCUT2D eigenvalue weighted by Crippen LogP contribution is 2.27. The van der Waals surface area contributed by atoms with Gasteiger partial charge in [-0.15, -0.1) is 12.6 Å². The molecule has 0 unspecified atom stereocenters. The number of imide groups is 1. The molecular weight excluding hydrogens is 494 g/mol. The van der Waals surface area contributed by atoms with E-state index in [2.05, 4.69) is 23.3 Å². The Labute approximate surface area is 213 Å². The zero-order chi connectivity index (χ0) is 25.7. The van der Waals surface area contributed by atoms with Gasteiger partial charge in [0, 0.05) is 16.5 Å². The van der Waals surface area contributed by atoms with E-state index in [4.69, 9.17) is 16.3 Å². The molecule has 0 saturated carbocycles. The molecule has 35 heavy (non-hydrogen) atoms. The third-order valence-corrected chi connectivity index (χ3v) is 6.40. The summed E-state index contributed by atoms with van der Waals surface area (Å²) < 4.78 is 5.36. The number of rotatable bonds is 7. The topological polar surface area (TPSA) is 125 Å². The van der Waals surface area contributed by atoms with Gasteiger partial charge in [0.1, 0.15) is 12.3 Å². The molecule has 186 valence electrons. The van der Waals surface area contributed by atoms with E-state index in [9.17, 15) is 24.3 Å². The first-order chi connectivity index (χ1) is 16.6. The number of hydrogen-bond donors (Lipinski definition) is 4. The van der Waals surface area contributed by atoms with Gasteiger partial charge in [0.15, 0.2) is 0 Å². The monoisotopic (exact) mass is 519 g/mol. The number of aromatic carboxylic acids is 1. The van der Waals surface area contributed by atoms with Gasteiger partial charge in [-0.3, -0.25) is 14.5 Å². The smallest absolute Gasteiger partial charge is 0.336 e. The van der Waals surface area contributed by atoms with Crippen LogP contribution >= 0.6 is 24.2 Å². The van der Waals surface area contributed by atoms with Crippen molar-refractivity contribution in [3.63, 3.8) is 0 Å². The molecule has 9 nitrogen and oxygen atoms in total. The quantitative estimate of drug-likeness (QED) is 0.416. The summed E-state index contributed by atoms with van der Waals surface area (Å²) >= 11 is 10.3. The molecule has 0 aliphatic carbocycles. The minimum atomic E-state index is -1.14. The van der Waals surface area contributed by atoms with Crippen molar-refractivity contribution in [1.29, 1.82) is 0 Å². The zero-order valence-electron chi connectivity index (χ0n) is 19.2. The Bertz CT molecular complexity index is 1160. The van der Waals surface area contributed by atoms with Crippen LogP contribution in [0.25, 0.3) is 0 Å². The summed E-state index contributed by atoms with van der Waals surface area (Å²) in [5, 5.41) is 15.3. The lowest BCUT2D eigenvalue weighted by Gasteiger charge is -2.25. The average Bonchev–Trinajstić information content (AvgIpc) is 2.96. The first-order valence-electron chi connectivity index (χ1n) is 10.9. The predicted octanol–water partition coefficient (Wildman–Crippen LogP) is 3.31. The minimum absolute atomic E-state index is 0.000655. The molecule has 2 aromatic carbocycles. The van der Waals surface area contributed by atoms with Crippen molar-refractivity contribution < 1.29 is 29.0 Å². The second-order valence-corrected chi connectivity index (χ2v) is 9.00. The van der Waals surface area contributed by atoms with Crippen LogP contribution < -0.4 is 15.4 Å². The van der Waals surface area contributed by atoms with Gasteiger partial charge in [-0.1, -0.05) is 24.6 Å². The Morgan fingerprint density at radius 1 is 1.29 bits per heavy atom. The third-order valence-electron chi connectivity index (χ3n) is 5.78. The third kappa shape index (κ3) is 6.26. The molecule has 1 heterocycles. The van der Waals surface area contributed by atoms with Crippen molar-refractivity contribution in [3.05, 3.63) is 58.1 Å². The van der Waals surface area contributed by atoms with Gasteiger partial charge in [-0.2, -0.15) is 0 Å². The number of hydrogen-bond acceptors (Lipinski definition) is 6. The molecule has 0 aromatic heterocycles. The maximum Gasteiger partial charge on any atom is 0.336 e. The van der Waals surface area contributed by atoms with Crippen molar-refractivity contribution in [1.82, 2.24) is 15.5 Å². The number of amides is 4. The van der Waals surface area contributed by atoms with Crippen LogP contribution in [0.3, 0.4) is 0 Å². The van der Waals surface area contributed by atoms with E-state index < -0.39 is 42.3 Å². The molecule has 11 heteroatoms. The van der Waals surface area contributed by atoms with Crippen LogP contribution in [0.2, 0.25) is 5.02 Å². The molecule has 0 bridgehead atoms. The fourth-order valence-corrected chi connectivity index (χ4v) is 4.34. The molecule has 3 N–H and O–H groups in total. The highest BCUT2D eigenvalue weighted by molar-refractivity contribution is 7.80. The zero-order valence-corrected chi connectivity index (χ0v) is 20.9. The first kappa shape index (κ1) is 26.4. The Morgan fingerprint density at radius 2 is 2.03 bits per heavy atom. The standard InChI is InChI=1S/C24H26ClN3O6S/c1-3-18(13-4-7-20(35)17(10-13)23(31)32)27-24(33)28-12-21(29)26-11-15(22(28)30)8-14-9-16(25)5-6-19(14)34-2/h4-7,9-10,15,18,35H,3,8,11-12H2,1-2H3,(H,26,29)(H,27,33)(H,31,32)/t15-,18-/m1/s1. The van der Waals surface area contributed by atoms with Gasteiger partial charge in [0.2, 0.25) is 11.8 Å². The van der Waals surface area contributed by atoms with Crippen molar-refractivity contribution >= 4 is 48.0 Å². The van der Waals surface area contributed by atoms with Gasteiger partial charge < -0.3 is 20.5 Å². The lowest BCUT2D eigenvalue weighted by molar-refractivity contribution is -0.133. The number of carbonyl (C=O) groups is 4. The van der Waals surface area contributed by atoms with E-state index in [-0.39, 0.29) is 18.5 Å². The largest absolute Gasteiger partial charge is 0.496 e. The van der Waals surface area contributed by atoms with Crippen molar-refractivity contribution in [3.8, 4) is 5.75 Å². The number of thiol groups is 1. The number of methoxy groups -OCH3 is 1. The van der Waals surface area contributed by atoms with Crippen LogP contribution in [0.1, 0.15) is 40.9 Å². The molecule has 2 aromatic rings. The lowest BCUT2D eigenvalue weighted by Crippen LogP contribution is -2.48. The summed E-state index contributed by atoms with van der Waals surface area (Å²) in [5.74, 6) is -2.30. The van der Waals surface area contributed by atoms with Gasteiger partial charge in [-0.25, -0.2) is 9.59 Å². The first-order valence-corrected chi connectivity index (χ1v) is 11.7. The molecule has 0 spiro atoms. The summed E-state index contributed by atoms with van der Waals surface area (Å²) in [4.78, 5) is 51.4. The Balaban J connectivity index is 1.83. The number of carbonyl (C=O) groups excluding carboxylic acids is 3. The number of ether oxygens (including phenoxy) is 1. The van der Waals surface area contributed by atoms with E-state index in [1.165, 1.54) is 19.2 Å². The molecule has 1 aliphatic heterocycles. The van der Waals surface area contributed by atoms with E-state index >= 15 is 0 Å². The number of nitrogens with one attached hydrogen (secondary N) is 2. The van der Waals surface area contributed by atoms with E-state index in [0.717, 1.165) is 4.90 Å². The van der Waals surface area contributed by atoms with E-state index in [0.29, 0.717) is 33.2 Å². The summed E-state index contributed by atoms with van der Waals surface area (Å²) in [6, 6.07) is 8.35. The summed E-state index contributed by atoms with van der Waals surface area (Å²) in [7, 11) is 1.50. The Kier molecular flexibility index (Phi) is 8.63. The van der Waals surface area contributed by atoms with Crippen LogP contribution in [-0.4, -0.2) is 54.0 Å². The Hall–Kier alpha value is -3.24. The van der Waals surface area contributed by atoms with Crippen LogP contribution in [0, 0.1) is 5.92 Å². The maximum atomic E-state index is 13.3. The van der Waals surface area contributed by atoms with Crippen molar-refractivity contribution in [2.75, 3.05) is 20.2 Å². The molecule has 0 radical (unpaired) electrons. The van der Waals surface area contributed by atoms with Gasteiger partial charge in [0.25, 0.3) is 0 Å². The lowest BCUT2D eigenvalue weighted by atomic mass is 9.97. The fourth-order valence-electron chi connectivity index (χ4n) is 3.92. The number of benzene rings is 2. The number of carboxylic acids is 1. The number of urea groups is 1. The summed E-state index contributed by atoms with van der Waals surface area (Å²) in [6.45, 7) is 1.44. The maximum absolute atomic E-state index is 13.3. The van der Waals surface area contributed by atoms with Gasteiger partial charge in [0.05, 0.1) is 24.6 Å².